The molecule has 4 rings (SSSR count). The molecule has 1 saturated carbocycles. The zero-order chi connectivity index (χ0) is 26.9. The van der Waals surface area contributed by atoms with Crippen LogP contribution < -0.4 is 10.1 Å². The van der Waals surface area contributed by atoms with E-state index in [0.29, 0.717) is 18.7 Å². The number of carbonyl (C=O) groups excluding carboxylic acids is 2. The Balaban J connectivity index is 1.62. The van der Waals surface area contributed by atoms with Gasteiger partial charge in [-0.15, -0.1) is 0 Å². The number of hydrogen-bond acceptors (Lipinski definition) is 3. The monoisotopic (exact) mass is 512 g/mol. The van der Waals surface area contributed by atoms with Gasteiger partial charge in [-0.1, -0.05) is 91.6 Å². The molecule has 0 unspecified atom stereocenters. The third-order valence-electron chi connectivity index (χ3n) is 7.51. The van der Waals surface area contributed by atoms with Crippen LogP contribution in [0.3, 0.4) is 0 Å². The van der Waals surface area contributed by atoms with Gasteiger partial charge >= 0.3 is 0 Å². The SMILES string of the molecule is Cc1ccc(OCC(=O)N(Cc2ccccc2C)[C@@H](Cc2ccccc2)C(=O)NC2CCCCC2)c(C)c1. The molecule has 1 fully saturated rings. The van der Waals surface area contributed by atoms with Gasteiger partial charge in [-0.05, 0) is 61.9 Å². The summed E-state index contributed by atoms with van der Waals surface area (Å²) in [7, 11) is 0. The summed E-state index contributed by atoms with van der Waals surface area (Å²) in [5.41, 5.74) is 5.26. The molecule has 1 atom stereocenters. The normalized spacial score (nSPS) is 14.5. The highest BCUT2D eigenvalue weighted by atomic mass is 16.5. The third kappa shape index (κ3) is 7.47. The predicted octanol–water partition coefficient (Wildman–Crippen LogP) is 6.08. The molecule has 5 heteroatoms. The van der Waals surface area contributed by atoms with E-state index in [-0.39, 0.29) is 24.5 Å². The number of ether oxygens (including phenoxy) is 1. The van der Waals surface area contributed by atoms with Gasteiger partial charge in [-0.3, -0.25) is 9.59 Å². The Morgan fingerprint density at radius 2 is 1.61 bits per heavy atom. The smallest absolute Gasteiger partial charge is 0.261 e. The van der Waals surface area contributed by atoms with Crippen molar-refractivity contribution >= 4 is 11.8 Å². The molecule has 5 nitrogen and oxygen atoms in total. The maximum atomic E-state index is 13.9. The van der Waals surface area contributed by atoms with Crippen molar-refractivity contribution in [2.24, 2.45) is 0 Å². The highest BCUT2D eigenvalue weighted by Crippen LogP contribution is 2.22. The van der Waals surface area contributed by atoms with Crippen molar-refractivity contribution in [2.75, 3.05) is 6.61 Å². The standard InChI is InChI=1S/C33H40N2O3/c1-24-18-19-31(26(3)20-24)38-23-32(36)35(22-28-15-11-10-12-25(28)2)30(21-27-13-6-4-7-14-27)33(37)34-29-16-8-5-9-17-29/h4,6-7,10-15,18-20,29-30H,5,8-9,16-17,21-23H2,1-3H3,(H,34,37)/t30-/m0/s1. The first-order valence-electron chi connectivity index (χ1n) is 13.8. The minimum atomic E-state index is -0.644. The van der Waals surface area contributed by atoms with Gasteiger partial charge in [-0.2, -0.15) is 0 Å². The molecule has 0 aromatic heterocycles. The lowest BCUT2D eigenvalue weighted by atomic mass is 9.94. The van der Waals surface area contributed by atoms with E-state index in [1.165, 1.54) is 6.42 Å². The largest absolute Gasteiger partial charge is 0.483 e. The molecule has 38 heavy (non-hydrogen) atoms. The first-order chi connectivity index (χ1) is 18.4. The molecule has 200 valence electrons. The Kier molecular flexibility index (Phi) is 9.58. The number of nitrogens with one attached hydrogen (secondary N) is 1. The number of amides is 2. The van der Waals surface area contributed by atoms with E-state index in [1.54, 1.807) is 4.90 Å². The molecule has 0 heterocycles. The topological polar surface area (TPSA) is 58.6 Å². The van der Waals surface area contributed by atoms with Gasteiger partial charge in [0.25, 0.3) is 5.91 Å². The minimum absolute atomic E-state index is 0.0887. The van der Waals surface area contributed by atoms with Crippen LogP contribution in [0.4, 0.5) is 0 Å². The molecule has 2 amide bonds. The quantitative estimate of drug-likeness (QED) is 0.358. The highest BCUT2D eigenvalue weighted by Gasteiger charge is 2.32. The van der Waals surface area contributed by atoms with Gasteiger partial charge in [0.1, 0.15) is 11.8 Å². The number of aryl methyl sites for hydroxylation is 3. The Hall–Kier alpha value is -3.60. The van der Waals surface area contributed by atoms with Crippen LogP contribution in [-0.4, -0.2) is 35.4 Å². The van der Waals surface area contributed by atoms with Crippen LogP contribution in [0.25, 0.3) is 0 Å². The summed E-state index contributed by atoms with van der Waals surface area (Å²) in [4.78, 5) is 29.4. The van der Waals surface area contributed by atoms with E-state index in [0.717, 1.165) is 53.5 Å². The van der Waals surface area contributed by atoms with Crippen LogP contribution in [0.2, 0.25) is 0 Å². The lowest BCUT2D eigenvalue weighted by molar-refractivity contribution is -0.143. The van der Waals surface area contributed by atoms with Gasteiger partial charge < -0.3 is 15.0 Å². The average molecular weight is 513 g/mol. The van der Waals surface area contributed by atoms with Crippen LogP contribution in [0.15, 0.2) is 72.8 Å². The highest BCUT2D eigenvalue weighted by molar-refractivity contribution is 5.88. The fourth-order valence-electron chi connectivity index (χ4n) is 5.25. The summed E-state index contributed by atoms with van der Waals surface area (Å²) in [5, 5.41) is 3.29. The number of benzene rings is 3. The van der Waals surface area contributed by atoms with Crippen LogP contribution in [0.1, 0.15) is 59.9 Å². The molecule has 1 aliphatic carbocycles. The second kappa shape index (κ2) is 13.3. The molecule has 3 aromatic carbocycles. The van der Waals surface area contributed by atoms with E-state index < -0.39 is 6.04 Å². The zero-order valence-corrected chi connectivity index (χ0v) is 22.9. The summed E-state index contributed by atoms with van der Waals surface area (Å²) in [6.45, 7) is 6.27. The van der Waals surface area contributed by atoms with Crippen LogP contribution in [0.5, 0.6) is 5.75 Å². The minimum Gasteiger partial charge on any atom is -0.483 e. The Bertz CT molecular complexity index is 1220. The summed E-state index contributed by atoms with van der Waals surface area (Å²) in [6.07, 6.45) is 5.90. The van der Waals surface area contributed by atoms with Gasteiger partial charge in [-0.25, -0.2) is 0 Å². The number of nitrogens with zero attached hydrogens (tertiary/aromatic N) is 1. The van der Waals surface area contributed by atoms with E-state index in [1.807, 2.05) is 93.6 Å². The van der Waals surface area contributed by atoms with E-state index >= 15 is 0 Å². The lowest BCUT2D eigenvalue weighted by Crippen LogP contribution is -2.53. The van der Waals surface area contributed by atoms with E-state index in [2.05, 4.69) is 5.32 Å². The van der Waals surface area contributed by atoms with Gasteiger partial charge in [0.15, 0.2) is 6.61 Å². The second-order valence-corrected chi connectivity index (χ2v) is 10.6. The molecular formula is C33H40N2O3. The van der Waals surface area contributed by atoms with Gasteiger partial charge in [0.2, 0.25) is 5.91 Å². The van der Waals surface area contributed by atoms with Crippen LogP contribution >= 0.6 is 0 Å². The van der Waals surface area contributed by atoms with Crippen molar-refractivity contribution < 1.29 is 14.3 Å². The molecule has 0 bridgehead atoms. The van der Waals surface area contributed by atoms with Crippen LogP contribution in [-0.2, 0) is 22.6 Å². The Morgan fingerprint density at radius 1 is 0.895 bits per heavy atom. The summed E-state index contributed by atoms with van der Waals surface area (Å²) < 4.78 is 6.01. The lowest BCUT2D eigenvalue weighted by Gasteiger charge is -2.33. The Labute approximate surface area is 227 Å². The summed E-state index contributed by atoms with van der Waals surface area (Å²) >= 11 is 0. The van der Waals surface area contributed by atoms with Crippen molar-refractivity contribution in [3.63, 3.8) is 0 Å². The molecule has 1 aliphatic rings. The van der Waals surface area contributed by atoms with Crippen molar-refractivity contribution in [3.8, 4) is 5.75 Å². The maximum absolute atomic E-state index is 13.9. The summed E-state index contributed by atoms with van der Waals surface area (Å²) in [6, 6.07) is 23.4. The zero-order valence-electron chi connectivity index (χ0n) is 22.9. The fraction of sp³-hybridized carbons (Fsp3) is 0.394. The van der Waals surface area contributed by atoms with Crippen molar-refractivity contribution in [1.82, 2.24) is 10.2 Å². The van der Waals surface area contributed by atoms with Gasteiger partial charge in [0.05, 0.1) is 0 Å². The van der Waals surface area contributed by atoms with Crippen LogP contribution in [0, 0.1) is 20.8 Å². The molecule has 1 N–H and O–H groups in total. The number of hydrogen-bond donors (Lipinski definition) is 1. The number of carbonyl (C=O) groups is 2. The number of rotatable bonds is 10. The van der Waals surface area contributed by atoms with Crippen molar-refractivity contribution in [2.45, 2.75) is 77.9 Å². The van der Waals surface area contributed by atoms with Crippen molar-refractivity contribution in [3.05, 3.63) is 101 Å². The molecule has 0 spiro atoms. The third-order valence-corrected chi connectivity index (χ3v) is 7.51. The van der Waals surface area contributed by atoms with Crippen molar-refractivity contribution in [1.29, 1.82) is 0 Å². The molecule has 3 aromatic rings. The molecule has 0 saturated heterocycles. The predicted molar refractivity (Wildman–Crippen MR) is 152 cm³/mol. The molecule has 0 radical (unpaired) electrons. The van der Waals surface area contributed by atoms with E-state index in [9.17, 15) is 9.59 Å². The average Bonchev–Trinajstić information content (AvgIpc) is 2.92. The maximum Gasteiger partial charge on any atom is 0.261 e. The summed E-state index contributed by atoms with van der Waals surface area (Å²) in [5.74, 6) is 0.396. The molecular weight excluding hydrogens is 472 g/mol. The molecule has 0 aliphatic heterocycles. The van der Waals surface area contributed by atoms with E-state index in [4.69, 9.17) is 4.74 Å². The first-order valence-corrected chi connectivity index (χ1v) is 13.8. The van der Waals surface area contributed by atoms with Gasteiger partial charge in [0, 0.05) is 19.0 Å². The first kappa shape index (κ1) is 27.4. The second-order valence-electron chi connectivity index (χ2n) is 10.6. The fourth-order valence-corrected chi connectivity index (χ4v) is 5.25. The Morgan fingerprint density at radius 3 is 2.32 bits per heavy atom.